The molecule has 0 atom stereocenters. The maximum absolute atomic E-state index is 13.1. The molecule has 2 aromatic rings. The summed E-state index contributed by atoms with van der Waals surface area (Å²) < 4.78 is 28.0. The minimum absolute atomic E-state index is 0.0143. The van der Waals surface area contributed by atoms with Gasteiger partial charge in [0.1, 0.15) is 11.0 Å². The molecule has 2 heterocycles. The van der Waals surface area contributed by atoms with Crippen molar-refractivity contribution in [2.24, 2.45) is 0 Å². The third-order valence-corrected chi connectivity index (χ3v) is 3.65. The number of hydrogen-bond acceptors (Lipinski definition) is 3. The second-order valence-electron chi connectivity index (χ2n) is 4.61. The van der Waals surface area contributed by atoms with Crippen molar-refractivity contribution in [1.82, 2.24) is 19.6 Å². The molecule has 1 aliphatic carbocycles. The van der Waals surface area contributed by atoms with Gasteiger partial charge in [0, 0.05) is 18.8 Å². The van der Waals surface area contributed by atoms with Crippen molar-refractivity contribution in [2.75, 3.05) is 0 Å². The molecule has 4 nitrogen and oxygen atoms in total. The van der Waals surface area contributed by atoms with E-state index >= 15 is 0 Å². The molecular weight excluding hydrogens is 262 g/mol. The SMILES string of the molecule is FC1(F)CCC(c2nnc3cncc(Cl)n23)CC1. The average Bonchev–Trinajstić information content (AvgIpc) is 2.74. The summed E-state index contributed by atoms with van der Waals surface area (Å²) in [5.41, 5.74) is 0.551. The largest absolute Gasteiger partial charge is 0.266 e. The molecule has 0 bridgehead atoms. The van der Waals surface area contributed by atoms with Crippen LogP contribution in [0.1, 0.15) is 37.4 Å². The van der Waals surface area contributed by atoms with Crippen molar-refractivity contribution in [3.05, 3.63) is 23.4 Å². The van der Waals surface area contributed by atoms with Crippen LogP contribution < -0.4 is 0 Å². The van der Waals surface area contributed by atoms with Crippen LogP contribution in [-0.2, 0) is 0 Å². The van der Waals surface area contributed by atoms with Crippen LogP contribution in [0.25, 0.3) is 5.65 Å². The molecule has 0 saturated heterocycles. The van der Waals surface area contributed by atoms with Gasteiger partial charge in [0.2, 0.25) is 5.92 Å². The Bertz CT molecular complexity index is 573. The summed E-state index contributed by atoms with van der Waals surface area (Å²) in [6.07, 6.45) is 3.67. The molecule has 0 amide bonds. The monoisotopic (exact) mass is 272 g/mol. The first-order chi connectivity index (χ1) is 8.57. The van der Waals surface area contributed by atoms with Gasteiger partial charge in [-0.25, -0.2) is 8.78 Å². The van der Waals surface area contributed by atoms with Crippen LogP contribution in [0.4, 0.5) is 8.78 Å². The second kappa shape index (κ2) is 4.12. The zero-order chi connectivity index (χ0) is 12.8. The van der Waals surface area contributed by atoms with Crippen LogP contribution in [0.15, 0.2) is 12.4 Å². The number of nitrogens with zero attached hydrogens (tertiary/aromatic N) is 4. The van der Waals surface area contributed by atoms with Crippen molar-refractivity contribution in [2.45, 2.75) is 37.5 Å². The summed E-state index contributed by atoms with van der Waals surface area (Å²) in [6.45, 7) is 0. The van der Waals surface area contributed by atoms with E-state index in [1.54, 1.807) is 10.6 Å². The average molecular weight is 273 g/mol. The van der Waals surface area contributed by atoms with Gasteiger partial charge in [-0.2, -0.15) is 0 Å². The molecule has 0 unspecified atom stereocenters. The van der Waals surface area contributed by atoms with Gasteiger partial charge < -0.3 is 0 Å². The molecule has 0 spiro atoms. The predicted octanol–water partition coefficient (Wildman–Crippen LogP) is 3.07. The van der Waals surface area contributed by atoms with Gasteiger partial charge in [0.15, 0.2) is 5.65 Å². The highest BCUT2D eigenvalue weighted by Crippen LogP contribution is 2.40. The lowest BCUT2D eigenvalue weighted by molar-refractivity contribution is -0.0388. The third-order valence-electron chi connectivity index (χ3n) is 3.38. The molecule has 0 aromatic carbocycles. The minimum Gasteiger partial charge on any atom is -0.266 e. The lowest BCUT2D eigenvalue weighted by Gasteiger charge is -2.27. The van der Waals surface area contributed by atoms with E-state index in [0.717, 1.165) is 0 Å². The highest BCUT2D eigenvalue weighted by Gasteiger charge is 2.37. The smallest absolute Gasteiger partial charge is 0.248 e. The molecule has 3 rings (SSSR count). The summed E-state index contributed by atoms with van der Waals surface area (Å²) in [7, 11) is 0. The summed E-state index contributed by atoms with van der Waals surface area (Å²) in [5.74, 6) is -1.89. The van der Waals surface area contributed by atoms with E-state index in [4.69, 9.17) is 11.6 Å². The van der Waals surface area contributed by atoms with Gasteiger partial charge in [-0.1, -0.05) is 11.6 Å². The molecule has 96 valence electrons. The van der Waals surface area contributed by atoms with E-state index in [-0.39, 0.29) is 18.8 Å². The number of aromatic nitrogens is 4. The highest BCUT2D eigenvalue weighted by atomic mass is 35.5. The lowest BCUT2D eigenvalue weighted by atomic mass is 9.86. The lowest BCUT2D eigenvalue weighted by Crippen LogP contribution is -2.24. The summed E-state index contributed by atoms with van der Waals surface area (Å²) >= 11 is 6.05. The Labute approximate surface area is 107 Å². The molecular formula is C11H11ClF2N4. The Balaban J connectivity index is 1.96. The fourth-order valence-electron chi connectivity index (χ4n) is 2.40. The van der Waals surface area contributed by atoms with Crippen molar-refractivity contribution in [3.63, 3.8) is 0 Å². The van der Waals surface area contributed by atoms with E-state index in [9.17, 15) is 8.78 Å². The van der Waals surface area contributed by atoms with Gasteiger partial charge in [0.25, 0.3) is 0 Å². The second-order valence-corrected chi connectivity index (χ2v) is 5.00. The van der Waals surface area contributed by atoms with Gasteiger partial charge in [0.05, 0.1) is 12.4 Å². The fourth-order valence-corrected chi connectivity index (χ4v) is 2.63. The summed E-state index contributed by atoms with van der Waals surface area (Å²) in [5, 5.41) is 8.45. The molecule has 1 saturated carbocycles. The van der Waals surface area contributed by atoms with Gasteiger partial charge in [-0.3, -0.25) is 9.38 Å². The van der Waals surface area contributed by atoms with Crippen LogP contribution in [0.3, 0.4) is 0 Å². The molecule has 2 aromatic heterocycles. The third kappa shape index (κ3) is 1.94. The van der Waals surface area contributed by atoms with Crippen molar-refractivity contribution in [1.29, 1.82) is 0 Å². The van der Waals surface area contributed by atoms with Gasteiger partial charge in [-0.15, -0.1) is 10.2 Å². The number of alkyl halides is 2. The van der Waals surface area contributed by atoms with Crippen molar-refractivity contribution in [3.8, 4) is 0 Å². The number of hydrogen-bond donors (Lipinski definition) is 0. The predicted molar refractivity (Wildman–Crippen MR) is 61.9 cm³/mol. The summed E-state index contributed by atoms with van der Waals surface area (Å²) in [4.78, 5) is 3.92. The van der Waals surface area contributed by atoms with Crippen LogP contribution in [0, 0.1) is 0 Å². The molecule has 1 fully saturated rings. The highest BCUT2D eigenvalue weighted by molar-refractivity contribution is 6.29. The van der Waals surface area contributed by atoms with E-state index < -0.39 is 5.92 Å². The van der Waals surface area contributed by atoms with Crippen molar-refractivity contribution >= 4 is 17.2 Å². The number of fused-ring (bicyclic) bond motifs is 1. The normalized spacial score (nSPS) is 20.4. The van der Waals surface area contributed by atoms with E-state index in [2.05, 4.69) is 15.2 Å². The Hall–Kier alpha value is -1.30. The molecule has 0 aliphatic heterocycles. The van der Waals surface area contributed by atoms with E-state index in [1.807, 2.05) is 0 Å². The zero-order valence-corrected chi connectivity index (χ0v) is 10.2. The minimum atomic E-state index is -2.54. The van der Waals surface area contributed by atoms with E-state index in [0.29, 0.717) is 29.5 Å². The molecule has 0 radical (unpaired) electrons. The quantitative estimate of drug-likeness (QED) is 0.801. The Kier molecular flexibility index (Phi) is 2.69. The van der Waals surface area contributed by atoms with Crippen LogP contribution in [0.2, 0.25) is 5.15 Å². The fraction of sp³-hybridized carbons (Fsp3) is 0.545. The van der Waals surface area contributed by atoms with Crippen LogP contribution in [0.5, 0.6) is 0 Å². The Morgan fingerprint density at radius 2 is 1.94 bits per heavy atom. The molecule has 7 heteroatoms. The Morgan fingerprint density at radius 3 is 2.67 bits per heavy atom. The molecule has 18 heavy (non-hydrogen) atoms. The number of halogens is 3. The number of rotatable bonds is 1. The first-order valence-electron chi connectivity index (χ1n) is 5.79. The molecule has 0 N–H and O–H groups in total. The van der Waals surface area contributed by atoms with E-state index in [1.165, 1.54) is 6.20 Å². The van der Waals surface area contributed by atoms with Gasteiger partial charge in [-0.05, 0) is 12.8 Å². The summed E-state index contributed by atoms with van der Waals surface area (Å²) in [6, 6.07) is 0. The Morgan fingerprint density at radius 1 is 1.22 bits per heavy atom. The topological polar surface area (TPSA) is 43.1 Å². The molecule has 1 aliphatic rings. The maximum atomic E-state index is 13.1. The first-order valence-corrected chi connectivity index (χ1v) is 6.17. The van der Waals surface area contributed by atoms with Crippen LogP contribution in [-0.4, -0.2) is 25.5 Å². The van der Waals surface area contributed by atoms with Gasteiger partial charge >= 0.3 is 0 Å². The van der Waals surface area contributed by atoms with Crippen LogP contribution >= 0.6 is 11.6 Å². The first kappa shape index (κ1) is 11.8. The zero-order valence-electron chi connectivity index (χ0n) is 9.48. The standard InChI is InChI=1S/C11H11ClF2N4/c12-8-5-15-6-9-16-17-10(18(8)9)7-1-3-11(13,14)4-2-7/h5-7H,1-4H2. The van der Waals surface area contributed by atoms with Crippen molar-refractivity contribution < 1.29 is 8.78 Å². The maximum Gasteiger partial charge on any atom is 0.248 e.